The molecule has 146 valence electrons. The largest absolute Gasteiger partial charge is 0.322 e. The molecule has 1 N–H and O–H groups in total. The Labute approximate surface area is 165 Å². The van der Waals surface area contributed by atoms with Crippen LogP contribution in [0.2, 0.25) is 0 Å². The number of anilines is 2. The van der Waals surface area contributed by atoms with E-state index in [-0.39, 0.29) is 46.7 Å². The van der Waals surface area contributed by atoms with E-state index in [9.17, 15) is 23.2 Å². The van der Waals surface area contributed by atoms with Gasteiger partial charge in [-0.05, 0) is 54.7 Å². The van der Waals surface area contributed by atoms with Gasteiger partial charge in [-0.1, -0.05) is 12.2 Å². The first-order valence-electron chi connectivity index (χ1n) is 9.36. The lowest BCUT2D eigenvalue weighted by molar-refractivity contribution is -0.123. The summed E-state index contributed by atoms with van der Waals surface area (Å²) < 4.78 is 26.3. The zero-order valence-corrected chi connectivity index (χ0v) is 15.1. The topological polar surface area (TPSA) is 66.5 Å². The molecule has 1 heterocycles. The quantitative estimate of drug-likeness (QED) is 0.640. The molecule has 1 saturated carbocycles. The molecule has 1 aliphatic heterocycles. The maximum Gasteiger partial charge on any atom is 0.255 e. The molecule has 3 aliphatic rings. The number of hydrogen-bond donors (Lipinski definition) is 1. The zero-order chi connectivity index (χ0) is 20.3. The molecule has 0 radical (unpaired) electrons. The number of amides is 3. The number of hydrogen-bond acceptors (Lipinski definition) is 3. The highest BCUT2D eigenvalue weighted by Crippen LogP contribution is 2.53. The number of benzene rings is 2. The molecule has 0 unspecified atom stereocenters. The summed E-state index contributed by atoms with van der Waals surface area (Å²) in [7, 11) is 0. The van der Waals surface area contributed by atoms with E-state index in [0.717, 1.165) is 18.6 Å². The second-order valence-corrected chi connectivity index (χ2v) is 7.64. The molecule has 2 bridgehead atoms. The summed E-state index contributed by atoms with van der Waals surface area (Å²) in [4.78, 5) is 39.2. The van der Waals surface area contributed by atoms with E-state index < -0.39 is 17.5 Å². The SMILES string of the molecule is O=C(Nc1ccc(F)c(F)c1)c1ccc(N2C(=O)[C@@H]3[C@H](C2=O)[C@@H]2C=C[C@H]3C2)cc1. The van der Waals surface area contributed by atoms with Gasteiger partial charge in [-0.25, -0.2) is 8.78 Å². The van der Waals surface area contributed by atoms with Crippen molar-refractivity contribution in [2.45, 2.75) is 6.42 Å². The van der Waals surface area contributed by atoms with Gasteiger partial charge in [0.1, 0.15) is 0 Å². The van der Waals surface area contributed by atoms with Gasteiger partial charge in [-0.3, -0.25) is 19.3 Å². The molecule has 5 nitrogen and oxygen atoms in total. The van der Waals surface area contributed by atoms with Crippen LogP contribution in [0.25, 0.3) is 0 Å². The number of fused-ring (bicyclic) bond motifs is 5. The first-order chi connectivity index (χ1) is 13.9. The molecule has 5 rings (SSSR count). The first-order valence-corrected chi connectivity index (χ1v) is 9.36. The maximum absolute atomic E-state index is 13.3. The Bertz CT molecular complexity index is 1050. The fraction of sp³-hybridized carbons (Fsp3) is 0.227. The van der Waals surface area contributed by atoms with Crippen molar-refractivity contribution < 1.29 is 23.2 Å². The van der Waals surface area contributed by atoms with Crippen molar-refractivity contribution >= 4 is 29.1 Å². The molecule has 0 spiro atoms. The van der Waals surface area contributed by atoms with Gasteiger partial charge in [0.25, 0.3) is 5.91 Å². The molecule has 7 heteroatoms. The summed E-state index contributed by atoms with van der Waals surface area (Å²) in [6, 6.07) is 9.16. The fourth-order valence-corrected chi connectivity index (χ4v) is 4.70. The van der Waals surface area contributed by atoms with Crippen LogP contribution in [0.1, 0.15) is 16.8 Å². The van der Waals surface area contributed by atoms with Crippen LogP contribution in [0.3, 0.4) is 0 Å². The Morgan fingerprint density at radius 1 is 0.897 bits per heavy atom. The Morgan fingerprint density at radius 3 is 2.10 bits per heavy atom. The number of nitrogens with one attached hydrogen (secondary N) is 1. The van der Waals surface area contributed by atoms with Gasteiger partial charge in [0, 0.05) is 17.3 Å². The normalized spacial score (nSPS) is 26.9. The van der Waals surface area contributed by atoms with Crippen LogP contribution >= 0.6 is 0 Å². The molecule has 29 heavy (non-hydrogen) atoms. The molecule has 1 saturated heterocycles. The van der Waals surface area contributed by atoms with E-state index in [1.165, 1.54) is 23.1 Å². The van der Waals surface area contributed by atoms with Gasteiger partial charge >= 0.3 is 0 Å². The van der Waals surface area contributed by atoms with Crippen molar-refractivity contribution in [2.75, 3.05) is 10.2 Å². The van der Waals surface area contributed by atoms with E-state index in [1.54, 1.807) is 12.1 Å². The monoisotopic (exact) mass is 394 g/mol. The van der Waals surface area contributed by atoms with Crippen molar-refractivity contribution in [1.29, 1.82) is 0 Å². The van der Waals surface area contributed by atoms with Crippen molar-refractivity contribution in [3.05, 3.63) is 71.8 Å². The van der Waals surface area contributed by atoms with Crippen LogP contribution < -0.4 is 10.2 Å². The summed E-state index contributed by atoms with van der Waals surface area (Å²) in [6.07, 6.45) is 4.93. The number of carbonyl (C=O) groups is 3. The molecule has 2 aromatic rings. The molecule has 0 aromatic heterocycles. The molecular formula is C22H16F2N2O3. The number of imide groups is 1. The Morgan fingerprint density at radius 2 is 1.52 bits per heavy atom. The Kier molecular flexibility index (Phi) is 3.87. The highest BCUT2D eigenvalue weighted by atomic mass is 19.2. The lowest BCUT2D eigenvalue weighted by Gasteiger charge is -2.17. The third-order valence-electron chi connectivity index (χ3n) is 6.04. The minimum atomic E-state index is -1.06. The molecular weight excluding hydrogens is 378 g/mol. The van der Waals surface area contributed by atoms with E-state index >= 15 is 0 Å². The summed E-state index contributed by atoms with van der Waals surface area (Å²) >= 11 is 0. The number of nitrogens with zero attached hydrogens (tertiary/aromatic N) is 1. The second kappa shape index (κ2) is 6.34. The van der Waals surface area contributed by atoms with Crippen LogP contribution in [0.5, 0.6) is 0 Å². The van der Waals surface area contributed by atoms with E-state index in [4.69, 9.17) is 0 Å². The number of rotatable bonds is 3. The van der Waals surface area contributed by atoms with Crippen molar-refractivity contribution in [2.24, 2.45) is 23.7 Å². The van der Waals surface area contributed by atoms with Crippen molar-refractivity contribution in [1.82, 2.24) is 0 Å². The Hall–Kier alpha value is -3.35. The molecule has 3 amide bonds. The Balaban J connectivity index is 1.34. The maximum atomic E-state index is 13.3. The van der Waals surface area contributed by atoms with Gasteiger partial charge in [0.2, 0.25) is 11.8 Å². The van der Waals surface area contributed by atoms with Crippen LogP contribution in [0.4, 0.5) is 20.2 Å². The minimum Gasteiger partial charge on any atom is -0.322 e. The van der Waals surface area contributed by atoms with Gasteiger partial charge in [-0.15, -0.1) is 0 Å². The zero-order valence-electron chi connectivity index (χ0n) is 15.1. The third-order valence-corrected chi connectivity index (χ3v) is 6.04. The smallest absolute Gasteiger partial charge is 0.255 e. The van der Waals surface area contributed by atoms with Gasteiger partial charge in [0.05, 0.1) is 17.5 Å². The average molecular weight is 394 g/mol. The van der Waals surface area contributed by atoms with E-state index in [2.05, 4.69) is 5.32 Å². The summed E-state index contributed by atoms with van der Waals surface area (Å²) in [5, 5.41) is 2.48. The minimum absolute atomic E-state index is 0.124. The van der Waals surface area contributed by atoms with Crippen LogP contribution in [-0.4, -0.2) is 17.7 Å². The van der Waals surface area contributed by atoms with Gasteiger partial charge in [0.15, 0.2) is 11.6 Å². The van der Waals surface area contributed by atoms with Gasteiger partial charge in [-0.2, -0.15) is 0 Å². The number of halogens is 2. The molecule has 4 atom stereocenters. The van der Waals surface area contributed by atoms with Crippen LogP contribution in [0, 0.1) is 35.3 Å². The predicted octanol–water partition coefficient (Wildman–Crippen LogP) is 3.53. The molecule has 2 aliphatic carbocycles. The summed E-state index contributed by atoms with van der Waals surface area (Å²) in [5.41, 5.74) is 0.816. The average Bonchev–Trinajstić information content (AvgIpc) is 3.39. The highest BCUT2D eigenvalue weighted by molar-refractivity contribution is 6.23. The highest BCUT2D eigenvalue weighted by Gasteiger charge is 2.59. The van der Waals surface area contributed by atoms with Crippen molar-refractivity contribution in [3.8, 4) is 0 Å². The standard InChI is InChI=1S/C22H16F2N2O3/c23-16-8-5-14(10-17(16)24)25-20(27)11-3-6-15(7-4-11)26-21(28)18-12-1-2-13(9-12)19(18)22(26)29/h1-8,10,12-13,18-19H,9H2,(H,25,27)/t12-,13+,18-,19+. The third kappa shape index (κ3) is 2.68. The first kappa shape index (κ1) is 17.7. The van der Waals surface area contributed by atoms with E-state index in [0.29, 0.717) is 5.69 Å². The summed E-state index contributed by atoms with van der Waals surface area (Å²) in [5.74, 6) is -3.24. The lowest BCUT2D eigenvalue weighted by atomic mass is 9.85. The second-order valence-electron chi connectivity index (χ2n) is 7.64. The van der Waals surface area contributed by atoms with Crippen LogP contribution in [0.15, 0.2) is 54.6 Å². The molecule has 2 aromatic carbocycles. The van der Waals surface area contributed by atoms with Crippen LogP contribution in [-0.2, 0) is 9.59 Å². The fourth-order valence-electron chi connectivity index (χ4n) is 4.70. The number of allylic oxidation sites excluding steroid dienone is 2. The predicted molar refractivity (Wildman–Crippen MR) is 101 cm³/mol. The lowest BCUT2D eigenvalue weighted by Crippen LogP contribution is -2.32. The molecule has 2 fully saturated rings. The number of carbonyl (C=O) groups excluding carboxylic acids is 3. The van der Waals surface area contributed by atoms with E-state index in [1.807, 2.05) is 12.2 Å². The van der Waals surface area contributed by atoms with Crippen molar-refractivity contribution in [3.63, 3.8) is 0 Å². The van der Waals surface area contributed by atoms with Gasteiger partial charge < -0.3 is 5.32 Å². The summed E-state index contributed by atoms with van der Waals surface area (Å²) in [6.45, 7) is 0.